The van der Waals surface area contributed by atoms with Crippen LogP contribution in [0.2, 0.25) is 0 Å². The van der Waals surface area contributed by atoms with Crippen LogP contribution in [0.4, 0.5) is 4.79 Å². The average molecular weight is 314 g/mol. The van der Waals surface area contributed by atoms with E-state index in [1.807, 2.05) is 41.7 Å². The summed E-state index contributed by atoms with van der Waals surface area (Å²) < 4.78 is 5.43. The van der Waals surface area contributed by atoms with Crippen molar-refractivity contribution in [2.45, 2.75) is 77.5 Å². The van der Waals surface area contributed by atoms with E-state index in [1.54, 1.807) is 4.90 Å². The van der Waals surface area contributed by atoms with Crippen molar-refractivity contribution < 1.29 is 14.6 Å². The predicted octanol–water partition coefficient (Wildman–Crippen LogP) is 2.87. The van der Waals surface area contributed by atoms with Gasteiger partial charge in [-0.05, 0) is 46.5 Å². The van der Waals surface area contributed by atoms with Crippen LogP contribution in [-0.4, -0.2) is 64.9 Å². The van der Waals surface area contributed by atoms with E-state index >= 15 is 0 Å². The molecule has 0 aromatic heterocycles. The van der Waals surface area contributed by atoms with Gasteiger partial charge in [0, 0.05) is 32.7 Å². The van der Waals surface area contributed by atoms with E-state index in [0.29, 0.717) is 0 Å². The molecule has 0 aliphatic carbocycles. The van der Waals surface area contributed by atoms with Crippen molar-refractivity contribution in [2.24, 2.45) is 0 Å². The van der Waals surface area contributed by atoms with Gasteiger partial charge in [0.15, 0.2) is 0 Å². The van der Waals surface area contributed by atoms with Gasteiger partial charge in [-0.2, -0.15) is 0 Å². The van der Waals surface area contributed by atoms with Crippen LogP contribution in [0, 0.1) is 0 Å². The smallest absolute Gasteiger partial charge is 0.410 e. The normalized spacial score (nSPS) is 18.3. The van der Waals surface area contributed by atoms with Crippen molar-refractivity contribution in [2.75, 3.05) is 26.7 Å². The minimum Gasteiger partial charge on any atom is -0.444 e. The van der Waals surface area contributed by atoms with E-state index in [4.69, 9.17) is 4.74 Å². The van der Waals surface area contributed by atoms with Crippen molar-refractivity contribution >= 4 is 6.09 Å². The molecule has 1 aliphatic rings. The van der Waals surface area contributed by atoms with E-state index in [9.17, 15) is 9.90 Å². The topological polar surface area (TPSA) is 53.0 Å². The van der Waals surface area contributed by atoms with E-state index in [-0.39, 0.29) is 12.1 Å². The molecule has 22 heavy (non-hydrogen) atoms. The molecule has 0 aromatic rings. The zero-order valence-corrected chi connectivity index (χ0v) is 15.2. The van der Waals surface area contributed by atoms with Crippen LogP contribution in [0.15, 0.2) is 0 Å². The summed E-state index contributed by atoms with van der Waals surface area (Å²) in [5.74, 6) is 0. The predicted molar refractivity (Wildman–Crippen MR) is 89.0 cm³/mol. The van der Waals surface area contributed by atoms with Gasteiger partial charge >= 0.3 is 6.09 Å². The maximum absolute atomic E-state index is 12.1. The van der Waals surface area contributed by atoms with Crippen LogP contribution in [0.5, 0.6) is 0 Å². The molecule has 0 unspecified atom stereocenters. The summed E-state index contributed by atoms with van der Waals surface area (Å²) in [6.45, 7) is 12.3. The lowest BCUT2D eigenvalue weighted by Crippen LogP contribution is -2.50. The minimum absolute atomic E-state index is 0.224. The number of hydrogen-bond donors (Lipinski definition) is 1. The Labute approximate surface area is 135 Å². The summed E-state index contributed by atoms with van der Waals surface area (Å²) in [6.07, 6.45) is 3.17. The molecule has 0 aromatic carbocycles. The first-order chi connectivity index (χ1) is 10.1. The minimum atomic E-state index is -0.579. The first kappa shape index (κ1) is 19.2. The highest BCUT2D eigenvalue weighted by atomic mass is 16.6. The molecule has 1 heterocycles. The summed E-state index contributed by atoms with van der Waals surface area (Å²) in [4.78, 5) is 16.2. The first-order valence-electron chi connectivity index (χ1n) is 8.51. The Hall–Kier alpha value is -0.810. The summed E-state index contributed by atoms with van der Waals surface area (Å²) in [7, 11) is 1.82. The Kier molecular flexibility index (Phi) is 6.68. The molecule has 130 valence electrons. The van der Waals surface area contributed by atoms with E-state index in [2.05, 4.69) is 4.90 Å². The van der Waals surface area contributed by atoms with Crippen molar-refractivity contribution in [1.82, 2.24) is 9.80 Å². The Balaban J connectivity index is 2.46. The number of nitrogens with zero attached hydrogens (tertiary/aromatic N) is 2. The van der Waals surface area contributed by atoms with Crippen LogP contribution in [0.25, 0.3) is 0 Å². The highest BCUT2D eigenvalue weighted by molar-refractivity contribution is 5.68. The molecule has 1 aliphatic heterocycles. The van der Waals surface area contributed by atoms with E-state index < -0.39 is 11.2 Å². The molecule has 0 radical (unpaired) electrons. The summed E-state index contributed by atoms with van der Waals surface area (Å²) >= 11 is 0. The maximum atomic E-state index is 12.1. The largest absolute Gasteiger partial charge is 0.444 e. The first-order valence-corrected chi connectivity index (χ1v) is 8.51. The number of β-amino-alcohol motifs (C(OH)–C–C–N with tert-alkyl or cyclic N) is 1. The molecule has 0 saturated carbocycles. The molecule has 0 atom stereocenters. The Bertz CT molecular complexity index is 353. The fourth-order valence-corrected chi connectivity index (χ4v) is 2.84. The van der Waals surface area contributed by atoms with Gasteiger partial charge in [-0.3, -0.25) is 0 Å². The third-order valence-corrected chi connectivity index (χ3v) is 4.62. The molecular weight excluding hydrogens is 280 g/mol. The number of rotatable bonds is 5. The number of ether oxygens (including phenoxy) is 1. The monoisotopic (exact) mass is 314 g/mol. The lowest BCUT2D eigenvalue weighted by Gasteiger charge is -2.40. The van der Waals surface area contributed by atoms with E-state index in [1.165, 1.54) is 0 Å². The number of likely N-dealkylation sites (tertiary alicyclic amines) is 1. The summed E-state index contributed by atoms with van der Waals surface area (Å²) in [6, 6.07) is 0.224. The van der Waals surface area contributed by atoms with Gasteiger partial charge in [0.05, 0.1) is 5.60 Å². The quantitative estimate of drug-likeness (QED) is 0.848. The molecule has 1 saturated heterocycles. The SMILES string of the molecule is CCC(O)(CC)CN1CCC(N(C)C(=O)OC(C)(C)C)CC1. The molecule has 1 N–H and O–H groups in total. The van der Waals surface area contributed by atoms with Crippen molar-refractivity contribution in [3.63, 3.8) is 0 Å². The molecule has 5 heteroatoms. The Morgan fingerprint density at radius 2 is 1.73 bits per heavy atom. The number of carbonyl (C=O) groups is 1. The maximum Gasteiger partial charge on any atom is 0.410 e. The molecular formula is C17H34N2O3. The van der Waals surface area contributed by atoms with Crippen molar-refractivity contribution in [3.8, 4) is 0 Å². The standard InChI is InChI=1S/C17H34N2O3/c1-7-17(21,8-2)13-19-11-9-14(10-12-19)18(6)15(20)22-16(3,4)5/h14,21H,7-13H2,1-6H3. The Morgan fingerprint density at radius 1 is 1.23 bits per heavy atom. The van der Waals surface area contributed by atoms with Gasteiger partial charge in [0.2, 0.25) is 0 Å². The molecule has 1 amide bonds. The fraction of sp³-hybridized carbons (Fsp3) is 0.941. The van der Waals surface area contributed by atoms with Crippen LogP contribution in [0.1, 0.15) is 60.3 Å². The van der Waals surface area contributed by atoms with Gasteiger partial charge < -0.3 is 19.6 Å². The lowest BCUT2D eigenvalue weighted by molar-refractivity contribution is -0.0182. The van der Waals surface area contributed by atoms with Gasteiger partial charge in [0.1, 0.15) is 5.60 Å². The fourth-order valence-electron chi connectivity index (χ4n) is 2.84. The van der Waals surface area contributed by atoms with Crippen LogP contribution < -0.4 is 0 Å². The number of amides is 1. The van der Waals surface area contributed by atoms with Gasteiger partial charge in [-0.1, -0.05) is 13.8 Å². The third kappa shape index (κ3) is 5.76. The third-order valence-electron chi connectivity index (χ3n) is 4.62. The van der Waals surface area contributed by atoms with Crippen LogP contribution >= 0.6 is 0 Å². The second-order valence-electron chi connectivity index (χ2n) is 7.53. The van der Waals surface area contributed by atoms with Crippen LogP contribution in [-0.2, 0) is 4.74 Å². The van der Waals surface area contributed by atoms with Crippen molar-refractivity contribution in [3.05, 3.63) is 0 Å². The van der Waals surface area contributed by atoms with Crippen LogP contribution in [0.3, 0.4) is 0 Å². The summed E-state index contributed by atoms with van der Waals surface area (Å²) in [5, 5.41) is 10.4. The second kappa shape index (κ2) is 7.64. The molecule has 5 nitrogen and oxygen atoms in total. The van der Waals surface area contributed by atoms with Gasteiger partial charge in [0.25, 0.3) is 0 Å². The number of hydrogen-bond acceptors (Lipinski definition) is 4. The molecule has 0 bridgehead atoms. The number of piperidine rings is 1. The zero-order chi connectivity index (χ0) is 17.0. The van der Waals surface area contributed by atoms with E-state index in [0.717, 1.165) is 45.3 Å². The summed E-state index contributed by atoms with van der Waals surface area (Å²) in [5.41, 5.74) is -1.03. The van der Waals surface area contributed by atoms with Crippen molar-refractivity contribution in [1.29, 1.82) is 0 Å². The number of carbonyl (C=O) groups excluding carboxylic acids is 1. The highest BCUT2D eigenvalue weighted by Gasteiger charge is 2.31. The lowest BCUT2D eigenvalue weighted by atomic mass is 9.95. The number of aliphatic hydroxyl groups is 1. The molecule has 0 spiro atoms. The van der Waals surface area contributed by atoms with Gasteiger partial charge in [-0.25, -0.2) is 4.79 Å². The second-order valence-corrected chi connectivity index (χ2v) is 7.53. The average Bonchev–Trinajstić information content (AvgIpc) is 2.45. The zero-order valence-electron chi connectivity index (χ0n) is 15.2. The van der Waals surface area contributed by atoms with Gasteiger partial charge in [-0.15, -0.1) is 0 Å². The molecule has 1 fully saturated rings. The molecule has 1 rings (SSSR count). The highest BCUT2D eigenvalue weighted by Crippen LogP contribution is 2.22. The Morgan fingerprint density at radius 3 is 2.14 bits per heavy atom.